The van der Waals surface area contributed by atoms with Gasteiger partial charge in [0.2, 0.25) is 0 Å². The van der Waals surface area contributed by atoms with Crippen LogP contribution in [0.5, 0.6) is 0 Å². The zero-order chi connectivity index (χ0) is 14.7. The monoisotopic (exact) mass is 282 g/mol. The van der Waals surface area contributed by atoms with Gasteiger partial charge in [-0.3, -0.25) is 4.79 Å². The van der Waals surface area contributed by atoms with Crippen LogP contribution in [-0.2, 0) is 9.53 Å². The molecule has 0 aliphatic carbocycles. The molecule has 0 radical (unpaired) electrons. The molecule has 1 heterocycles. The molecule has 1 aliphatic heterocycles. The van der Waals surface area contributed by atoms with Crippen LogP contribution >= 0.6 is 0 Å². The van der Waals surface area contributed by atoms with Crippen molar-refractivity contribution in [3.8, 4) is 0 Å². The Hall–Kier alpha value is -1.99. The van der Waals surface area contributed by atoms with Crippen LogP contribution in [0.4, 0.5) is 10.1 Å². The van der Waals surface area contributed by atoms with Crippen molar-refractivity contribution in [2.75, 3.05) is 11.9 Å². The highest BCUT2D eigenvalue weighted by Gasteiger charge is 2.30. The number of carbonyl (C=O) groups is 2. The lowest BCUT2D eigenvalue weighted by Gasteiger charge is -2.13. The molecule has 0 bridgehead atoms. The molecule has 7 heteroatoms. The Bertz CT molecular complexity index is 535. The lowest BCUT2D eigenvalue weighted by atomic mass is 10.1. The fourth-order valence-electron chi connectivity index (χ4n) is 2.06. The van der Waals surface area contributed by atoms with E-state index in [4.69, 9.17) is 15.6 Å². The van der Waals surface area contributed by atoms with Gasteiger partial charge in [0.25, 0.3) is 5.91 Å². The Balaban J connectivity index is 2.05. The summed E-state index contributed by atoms with van der Waals surface area (Å²) < 4.78 is 18.6. The predicted octanol–water partition coefficient (Wildman–Crippen LogP) is 0.969. The third-order valence-corrected chi connectivity index (χ3v) is 3.13. The normalized spacial score (nSPS) is 21.7. The Morgan fingerprint density at radius 3 is 2.80 bits per heavy atom. The minimum absolute atomic E-state index is 0.131. The first-order valence-corrected chi connectivity index (χ1v) is 6.20. The number of nitrogens with one attached hydrogen (secondary N) is 1. The van der Waals surface area contributed by atoms with Gasteiger partial charge in [0, 0.05) is 12.2 Å². The zero-order valence-corrected chi connectivity index (χ0v) is 10.6. The number of aromatic carboxylic acids is 1. The van der Waals surface area contributed by atoms with E-state index >= 15 is 0 Å². The van der Waals surface area contributed by atoms with Gasteiger partial charge in [-0.25, -0.2) is 9.18 Å². The van der Waals surface area contributed by atoms with Gasteiger partial charge in [-0.2, -0.15) is 0 Å². The highest BCUT2D eigenvalue weighted by atomic mass is 19.1. The molecule has 4 N–H and O–H groups in total. The van der Waals surface area contributed by atoms with E-state index in [-0.39, 0.29) is 17.7 Å². The van der Waals surface area contributed by atoms with E-state index in [2.05, 4.69) is 5.32 Å². The summed E-state index contributed by atoms with van der Waals surface area (Å²) in [6.07, 6.45) is 0.523. The first-order valence-electron chi connectivity index (χ1n) is 6.20. The Morgan fingerprint density at radius 1 is 1.45 bits per heavy atom. The molecule has 1 fully saturated rings. The number of rotatable bonds is 4. The lowest BCUT2D eigenvalue weighted by molar-refractivity contribution is -0.126. The molecule has 6 nitrogen and oxygen atoms in total. The average Bonchev–Trinajstić information content (AvgIpc) is 2.89. The highest BCUT2D eigenvalue weighted by Crippen LogP contribution is 2.21. The van der Waals surface area contributed by atoms with Gasteiger partial charge in [0.05, 0.1) is 11.7 Å². The van der Waals surface area contributed by atoms with Crippen molar-refractivity contribution >= 4 is 17.6 Å². The number of halogens is 1. The number of hydrogen-bond donors (Lipinski definition) is 3. The van der Waals surface area contributed by atoms with Crippen molar-refractivity contribution in [2.45, 2.75) is 25.0 Å². The van der Waals surface area contributed by atoms with Crippen molar-refractivity contribution in [3.05, 3.63) is 29.6 Å². The van der Waals surface area contributed by atoms with Crippen LogP contribution in [0, 0.1) is 5.82 Å². The number of ether oxygens (including phenoxy) is 1. The number of amides is 1. The Labute approximate surface area is 114 Å². The molecule has 2 atom stereocenters. The van der Waals surface area contributed by atoms with Gasteiger partial charge in [0.15, 0.2) is 0 Å². The first kappa shape index (κ1) is 14.4. The second kappa shape index (κ2) is 5.98. The van der Waals surface area contributed by atoms with Gasteiger partial charge in [-0.05, 0) is 31.0 Å². The fourth-order valence-corrected chi connectivity index (χ4v) is 2.06. The van der Waals surface area contributed by atoms with Crippen molar-refractivity contribution in [3.63, 3.8) is 0 Å². The lowest BCUT2D eigenvalue weighted by Crippen LogP contribution is -2.29. The molecular weight excluding hydrogens is 267 g/mol. The molecule has 0 saturated carbocycles. The van der Waals surface area contributed by atoms with E-state index in [0.717, 1.165) is 12.1 Å². The quantitative estimate of drug-likeness (QED) is 0.763. The Kier molecular flexibility index (Phi) is 4.31. The van der Waals surface area contributed by atoms with Gasteiger partial charge < -0.3 is 20.9 Å². The summed E-state index contributed by atoms with van der Waals surface area (Å²) in [5, 5.41) is 11.3. The molecule has 20 heavy (non-hydrogen) atoms. The van der Waals surface area contributed by atoms with Gasteiger partial charge in [-0.15, -0.1) is 0 Å². The number of anilines is 1. The number of nitrogens with two attached hydrogens (primary N) is 1. The summed E-state index contributed by atoms with van der Waals surface area (Å²) in [7, 11) is 0. The highest BCUT2D eigenvalue weighted by molar-refractivity contribution is 5.96. The summed E-state index contributed by atoms with van der Waals surface area (Å²) in [4.78, 5) is 22.7. The number of carbonyl (C=O) groups excluding carboxylic acids is 1. The number of hydrogen-bond acceptors (Lipinski definition) is 4. The topological polar surface area (TPSA) is 102 Å². The molecule has 108 valence electrons. The molecule has 0 spiro atoms. The van der Waals surface area contributed by atoms with Crippen molar-refractivity contribution in [2.24, 2.45) is 5.73 Å². The molecule has 1 saturated heterocycles. The molecule has 1 amide bonds. The number of benzene rings is 1. The maximum atomic E-state index is 13.2. The summed E-state index contributed by atoms with van der Waals surface area (Å²) in [6, 6.07) is 3.37. The number of carboxylic acid groups (broad SMARTS) is 1. The maximum absolute atomic E-state index is 13.2. The maximum Gasteiger partial charge on any atom is 0.338 e. The molecule has 2 rings (SSSR count). The van der Waals surface area contributed by atoms with Crippen LogP contribution in [-0.4, -0.2) is 35.7 Å². The second-order valence-electron chi connectivity index (χ2n) is 4.55. The SMILES string of the molecule is NCC1CCC(C(=O)Nc2ccc(F)c(C(=O)O)c2)O1. The zero-order valence-electron chi connectivity index (χ0n) is 10.6. The van der Waals surface area contributed by atoms with Crippen LogP contribution in [0.25, 0.3) is 0 Å². The van der Waals surface area contributed by atoms with E-state index in [1.54, 1.807) is 0 Å². The van der Waals surface area contributed by atoms with E-state index in [1.165, 1.54) is 6.07 Å². The second-order valence-corrected chi connectivity index (χ2v) is 4.55. The standard InChI is InChI=1S/C13H15FN2O4/c14-10-3-1-7(5-9(10)13(18)19)16-12(17)11-4-2-8(6-15)20-11/h1,3,5,8,11H,2,4,6,15H2,(H,16,17)(H,18,19). The van der Waals surface area contributed by atoms with E-state index in [9.17, 15) is 14.0 Å². The third-order valence-electron chi connectivity index (χ3n) is 3.13. The minimum atomic E-state index is -1.39. The van der Waals surface area contributed by atoms with Crippen LogP contribution < -0.4 is 11.1 Å². The summed E-state index contributed by atoms with van der Waals surface area (Å²) in [5.41, 5.74) is 5.18. The van der Waals surface area contributed by atoms with Gasteiger partial charge in [0.1, 0.15) is 11.9 Å². The third kappa shape index (κ3) is 3.12. The van der Waals surface area contributed by atoms with Crippen molar-refractivity contribution in [1.29, 1.82) is 0 Å². The average molecular weight is 282 g/mol. The smallest absolute Gasteiger partial charge is 0.338 e. The Morgan fingerprint density at radius 2 is 2.20 bits per heavy atom. The minimum Gasteiger partial charge on any atom is -0.478 e. The first-order chi connectivity index (χ1) is 9.51. The van der Waals surface area contributed by atoms with Crippen molar-refractivity contribution in [1.82, 2.24) is 0 Å². The molecule has 2 unspecified atom stereocenters. The predicted molar refractivity (Wildman–Crippen MR) is 68.9 cm³/mol. The fraction of sp³-hybridized carbons (Fsp3) is 0.385. The van der Waals surface area contributed by atoms with E-state index in [1.807, 2.05) is 0 Å². The largest absolute Gasteiger partial charge is 0.478 e. The van der Waals surface area contributed by atoms with Gasteiger partial charge in [-0.1, -0.05) is 0 Å². The summed E-state index contributed by atoms with van der Waals surface area (Å²) in [6.45, 7) is 0.351. The molecule has 0 aromatic heterocycles. The molecule has 1 aliphatic rings. The van der Waals surface area contributed by atoms with Crippen LogP contribution in [0.1, 0.15) is 23.2 Å². The van der Waals surface area contributed by atoms with Crippen LogP contribution in [0.2, 0.25) is 0 Å². The van der Waals surface area contributed by atoms with Crippen LogP contribution in [0.3, 0.4) is 0 Å². The van der Waals surface area contributed by atoms with E-state index < -0.39 is 23.5 Å². The molecule has 1 aromatic carbocycles. The van der Waals surface area contributed by atoms with Gasteiger partial charge >= 0.3 is 5.97 Å². The number of carboxylic acids is 1. The molecule has 1 aromatic rings. The summed E-state index contributed by atoms with van der Waals surface area (Å²) >= 11 is 0. The summed E-state index contributed by atoms with van der Waals surface area (Å²) in [5.74, 6) is -2.63. The van der Waals surface area contributed by atoms with Crippen molar-refractivity contribution < 1.29 is 23.8 Å². The van der Waals surface area contributed by atoms with E-state index in [0.29, 0.717) is 19.4 Å². The van der Waals surface area contributed by atoms with Crippen LogP contribution in [0.15, 0.2) is 18.2 Å². The molecular formula is C13H15FN2O4.